The first kappa shape index (κ1) is 15.8. The molecular weight excluding hydrogens is 256 g/mol. The van der Waals surface area contributed by atoms with E-state index in [4.69, 9.17) is 0 Å². The highest BCUT2D eigenvalue weighted by atomic mass is 15.1. The van der Waals surface area contributed by atoms with E-state index >= 15 is 0 Å². The van der Waals surface area contributed by atoms with Crippen molar-refractivity contribution in [3.63, 3.8) is 0 Å². The van der Waals surface area contributed by atoms with Gasteiger partial charge in [0.2, 0.25) is 0 Å². The van der Waals surface area contributed by atoms with E-state index in [1.54, 1.807) is 0 Å². The third kappa shape index (κ3) is 4.45. The number of piperidine rings is 1. The first-order valence-corrected chi connectivity index (χ1v) is 9.72. The molecule has 21 heavy (non-hydrogen) atoms. The van der Waals surface area contributed by atoms with Crippen LogP contribution in [-0.2, 0) is 0 Å². The summed E-state index contributed by atoms with van der Waals surface area (Å²) in [6.45, 7) is 7.63. The van der Waals surface area contributed by atoms with Crippen LogP contribution >= 0.6 is 0 Å². The molecule has 0 bridgehead atoms. The van der Waals surface area contributed by atoms with Crippen LogP contribution < -0.4 is 5.32 Å². The van der Waals surface area contributed by atoms with Crippen LogP contribution in [0, 0.1) is 11.3 Å². The van der Waals surface area contributed by atoms with Gasteiger partial charge in [0.1, 0.15) is 0 Å². The summed E-state index contributed by atoms with van der Waals surface area (Å²) in [5.74, 6) is 0.969. The minimum Gasteiger partial charge on any atom is -0.313 e. The van der Waals surface area contributed by atoms with Crippen LogP contribution in [0.1, 0.15) is 77.6 Å². The summed E-state index contributed by atoms with van der Waals surface area (Å²) in [6, 6.07) is 0.815. The summed E-state index contributed by atoms with van der Waals surface area (Å²) in [4.78, 5) is 2.72. The second kappa shape index (κ2) is 7.46. The first-order valence-electron chi connectivity index (χ1n) is 9.72. The van der Waals surface area contributed by atoms with Gasteiger partial charge in [-0.15, -0.1) is 0 Å². The van der Waals surface area contributed by atoms with Crippen LogP contribution in [0.3, 0.4) is 0 Å². The molecule has 1 N–H and O–H groups in total. The van der Waals surface area contributed by atoms with Gasteiger partial charge < -0.3 is 10.2 Å². The number of nitrogens with one attached hydrogen (secondary N) is 1. The van der Waals surface area contributed by atoms with Crippen molar-refractivity contribution in [2.45, 2.75) is 83.6 Å². The smallest absolute Gasteiger partial charge is 0.0107 e. The van der Waals surface area contributed by atoms with Crippen molar-refractivity contribution in [1.82, 2.24) is 10.2 Å². The fourth-order valence-corrected chi connectivity index (χ4v) is 4.94. The number of hydrogen-bond acceptors (Lipinski definition) is 2. The Morgan fingerprint density at radius 1 is 0.905 bits per heavy atom. The van der Waals surface area contributed by atoms with Crippen LogP contribution in [-0.4, -0.2) is 37.1 Å². The molecule has 0 unspecified atom stereocenters. The molecule has 2 saturated carbocycles. The maximum absolute atomic E-state index is 3.82. The van der Waals surface area contributed by atoms with Crippen molar-refractivity contribution in [2.24, 2.45) is 11.3 Å². The Morgan fingerprint density at radius 2 is 1.57 bits per heavy atom. The predicted molar refractivity (Wildman–Crippen MR) is 90.6 cm³/mol. The molecule has 0 aromatic rings. The Balaban J connectivity index is 1.30. The lowest BCUT2D eigenvalue weighted by atomic mass is 9.68. The zero-order valence-corrected chi connectivity index (χ0v) is 14.2. The standard InChI is InChI=1S/C19H36N2/c1-17-5-7-18(8-6-17)20-13-16-21-14-11-19(12-15-21)9-3-2-4-10-19/h17-18,20H,2-16H2,1H3. The molecule has 2 heteroatoms. The summed E-state index contributed by atoms with van der Waals surface area (Å²) in [6.07, 6.45) is 16.2. The second-order valence-corrected chi connectivity index (χ2v) is 8.31. The average Bonchev–Trinajstić information content (AvgIpc) is 2.52. The van der Waals surface area contributed by atoms with Crippen molar-refractivity contribution < 1.29 is 0 Å². The van der Waals surface area contributed by atoms with E-state index in [2.05, 4.69) is 17.1 Å². The fourth-order valence-electron chi connectivity index (χ4n) is 4.94. The molecule has 122 valence electrons. The molecule has 1 heterocycles. The molecule has 1 aliphatic heterocycles. The lowest BCUT2D eigenvalue weighted by Crippen LogP contribution is -2.44. The predicted octanol–water partition coefficient (Wildman–Crippen LogP) is 4.20. The summed E-state index contributed by atoms with van der Waals surface area (Å²) in [5, 5.41) is 3.82. The van der Waals surface area contributed by atoms with Crippen molar-refractivity contribution in [1.29, 1.82) is 0 Å². The van der Waals surface area contributed by atoms with E-state index in [9.17, 15) is 0 Å². The maximum Gasteiger partial charge on any atom is 0.0107 e. The maximum atomic E-state index is 3.82. The van der Waals surface area contributed by atoms with Gasteiger partial charge in [-0.2, -0.15) is 0 Å². The van der Waals surface area contributed by atoms with Crippen molar-refractivity contribution in [2.75, 3.05) is 26.2 Å². The third-order valence-electron chi connectivity index (χ3n) is 6.71. The van der Waals surface area contributed by atoms with Gasteiger partial charge in [0, 0.05) is 19.1 Å². The van der Waals surface area contributed by atoms with E-state index < -0.39 is 0 Å². The molecule has 2 aliphatic carbocycles. The van der Waals surface area contributed by atoms with Crippen LogP contribution in [0.25, 0.3) is 0 Å². The minimum absolute atomic E-state index is 0.766. The Hall–Kier alpha value is -0.0800. The van der Waals surface area contributed by atoms with Gasteiger partial charge in [-0.25, -0.2) is 0 Å². The summed E-state index contributed by atoms with van der Waals surface area (Å²) in [7, 11) is 0. The van der Waals surface area contributed by atoms with E-state index in [0.717, 1.165) is 17.4 Å². The molecular formula is C19H36N2. The highest BCUT2D eigenvalue weighted by Gasteiger charge is 2.35. The Bertz CT molecular complexity index is 291. The summed E-state index contributed by atoms with van der Waals surface area (Å²) in [5.41, 5.74) is 0.766. The van der Waals surface area contributed by atoms with Crippen LogP contribution in [0.2, 0.25) is 0 Å². The summed E-state index contributed by atoms with van der Waals surface area (Å²) < 4.78 is 0. The van der Waals surface area contributed by atoms with Gasteiger partial charge in [0.25, 0.3) is 0 Å². The van der Waals surface area contributed by atoms with Crippen molar-refractivity contribution in [3.05, 3.63) is 0 Å². The van der Waals surface area contributed by atoms with Crippen molar-refractivity contribution >= 4 is 0 Å². The molecule has 0 amide bonds. The minimum atomic E-state index is 0.766. The number of nitrogens with zero attached hydrogens (tertiary/aromatic N) is 1. The number of rotatable bonds is 4. The molecule has 0 atom stereocenters. The molecule has 0 radical (unpaired) electrons. The lowest BCUT2D eigenvalue weighted by molar-refractivity contribution is 0.0677. The van der Waals surface area contributed by atoms with Gasteiger partial charge in [-0.3, -0.25) is 0 Å². The molecule has 0 aromatic heterocycles. The zero-order valence-electron chi connectivity index (χ0n) is 14.2. The van der Waals surface area contributed by atoms with Crippen molar-refractivity contribution in [3.8, 4) is 0 Å². The van der Waals surface area contributed by atoms with E-state index in [-0.39, 0.29) is 0 Å². The van der Waals surface area contributed by atoms with E-state index in [0.29, 0.717) is 0 Å². The van der Waals surface area contributed by atoms with Gasteiger partial charge in [-0.05, 0) is 75.8 Å². The lowest BCUT2D eigenvalue weighted by Gasteiger charge is -2.44. The molecule has 1 saturated heterocycles. The monoisotopic (exact) mass is 292 g/mol. The van der Waals surface area contributed by atoms with Crippen LogP contribution in [0.15, 0.2) is 0 Å². The Kier molecular flexibility index (Phi) is 5.61. The highest BCUT2D eigenvalue weighted by Crippen LogP contribution is 2.44. The van der Waals surface area contributed by atoms with Gasteiger partial charge >= 0.3 is 0 Å². The Morgan fingerprint density at radius 3 is 2.24 bits per heavy atom. The van der Waals surface area contributed by atoms with Crippen LogP contribution in [0.4, 0.5) is 0 Å². The van der Waals surface area contributed by atoms with Gasteiger partial charge in [-0.1, -0.05) is 26.2 Å². The quantitative estimate of drug-likeness (QED) is 0.835. The fraction of sp³-hybridized carbons (Fsp3) is 1.00. The van der Waals surface area contributed by atoms with E-state index in [1.807, 2.05) is 0 Å². The molecule has 3 rings (SSSR count). The van der Waals surface area contributed by atoms with Gasteiger partial charge in [0.05, 0.1) is 0 Å². The van der Waals surface area contributed by atoms with E-state index in [1.165, 1.54) is 96.8 Å². The average molecular weight is 293 g/mol. The molecule has 2 nitrogen and oxygen atoms in total. The third-order valence-corrected chi connectivity index (χ3v) is 6.71. The summed E-state index contributed by atoms with van der Waals surface area (Å²) >= 11 is 0. The largest absolute Gasteiger partial charge is 0.313 e. The normalized spacial score (nSPS) is 34.1. The Labute approximate surface area is 132 Å². The zero-order chi connectivity index (χ0) is 14.5. The SMILES string of the molecule is CC1CCC(NCCN2CCC3(CCCCC3)CC2)CC1. The van der Waals surface area contributed by atoms with Gasteiger partial charge in [0.15, 0.2) is 0 Å². The number of likely N-dealkylation sites (tertiary alicyclic amines) is 1. The molecule has 0 aromatic carbocycles. The highest BCUT2D eigenvalue weighted by molar-refractivity contribution is 4.88. The topological polar surface area (TPSA) is 15.3 Å². The molecule has 3 fully saturated rings. The molecule has 3 aliphatic rings. The van der Waals surface area contributed by atoms with Crippen LogP contribution in [0.5, 0.6) is 0 Å². The molecule has 1 spiro atoms. The number of hydrogen-bond donors (Lipinski definition) is 1. The first-order chi connectivity index (χ1) is 10.3. The second-order valence-electron chi connectivity index (χ2n) is 8.31.